The van der Waals surface area contributed by atoms with Crippen LogP contribution < -0.4 is 16.0 Å². The molecule has 3 atom stereocenters. The molecule has 0 saturated heterocycles. The molecule has 3 aromatic rings. The summed E-state index contributed by atoms with van der Waals surface area (Å²) in [6, 6.07) is 20.1. The number of carbonyl (C=O) groups excluding carboxylic acids is 2. The fourth-order valence-corrected chi connectivity index (χ4v) is 5.42. The lowest BCUT2D eigenvalue weighted by Crippen LogP contribution is -2.52. The van der Waals surface area contributed by atoms with Gasteiger partial charge in [0.25, 0.3) is 5.91 Å². The second kappa shape index (κ2) is 12.2. The van der Waals surface area contributed by atoms with Crippen LogP contribution in [-0.2, 0) is 18.4 Å². The number of aromatic nitrogens is 1. The summed E-state index contributed by atoms with van der Waals surface area (Å²) in [4.78, 5) is 26.7. The zero-order valence-corrected chi connectivity index (χ0v) is 21.8. The van der Waals surface area contributed by atoms with Gasteiger partial charge >= 0.3 is 0 Å². The van der Waals surface area contributed by atoms with Crippen molar-refractivity contribution in [3.8, 4) is 0 Å². The molecule has 1 fully saturated rings. The number of nitrogens with one attached hydrogen (secondary N) is 3. The Hall–Kier alpha value is -3.12. The summed E-state index contributed by atoms with van der Waals surface area (Å²) in [6.07, 6.45) is 4.58. The largest absolute Gasteiger partial charge is 0.352 e. The van der Waals surface area contributed by atoms with Crippen molar-refractivity contribution in [1.29, 1.82) is 0 Å². The van der Waals surface area contributed by atoms with Gasteiger partial charge in [0.2, 0.25) is 5.91 Å². The molecule has 6 nitrogen and oxygen atoms in total. The molecule has 3 N–H and O–H groups in total. The van der Waals surface area contributed by atoms with Gasteiger partial charge in [-0.15, -0.1) is 0 Å². The standard InChI is InChI=1S/C30H40N4O2/c1-21(2)17-24(20-31-19-22-11-5-4-6-12-22)32-29(35)25-14-8-9-15-26(25)33-30(36)28-18-23-13-7-10-16-27(23)34(28)3/h4-7,10-13,16,18,21,24-26,31H,8-9,14-15,17,19-20H2,1-3H3,(H,32,35)(H,33,36)/t24?,25-,26+/m1/s1. The van der Waals surface area contributed by atoms with Crippen LogP contribution in [0.2, 0.25) is 0 Å². The van der Waals surface area contributed by atoms with E-state index in [1.807, 2.05) is 60.1 Å². The third kappa shape index (κ3) is 6.55. The highest BCUT2D eigenvalue weighted by Gasteiger charge is 2.33. The molecule has 2 amide bonds. The van der Waals surface area contributed by atoms with Crippen molar-refractivity contribution < 1.29 is 9.59 Å². The van der Waals surface area contributed by atoms with E-state index in [9.17, 15) is 9.59 Å². The summed E-state index contributed by atoms with van der Waals surface area (Å²) in [7, 11) is 1.92. The second-order valence-corrected chi connectivity index (χ2v) is 10.6. The minimum absolute atomic E-state index is 0.0534. The Kier molecular flexibility index (Phi) is 8.81. The Morgan fingerprint density at radius 3 is 2.47 bits per heavy atom. The highest BCUT2D eigenvalue weighted by atomic mass is 16.2. The normalized spacial score (nSPS) is 18.8. The van der Waals surface area contributed by atoms with E-state index in [2.05, 4.69) is 41.9 Å². The Balaban J connectivity index is 1.39. The summed E-state index contributed by atoms with van der Waals surface area (Å²) in [5.74, 6) is 0.217. The van der Waals surface area contributed by atoms with Crippen molar-refractivity contribution in [2.24, 2.45) is 18.9 Å². The molecule has 0 spiro atoms. The molecule has 1 aliphatic rings. The first-order chi connectivity index (χ1) is 17.4. The van der Waals surface area contributed by atoms with Crippen molar-refractivity contribution in [3.05, 3.63) is 71.9 Å². The summed E-state index contributed by atoms with van der Waals surface area (Å²) < 4.78 is 1.93. The van der Waals surface area contributed by atoms with Crippen LogP contribution in [0.1, 0.15) is 62.0 Å². The van der Waals surface area contributed by atoms with Gasteiger partial charge in [-0.25, -0.2) is 0 Å². The van der Waals surface area contributed by atoms with Gasteiger partial charge in [-0.3, -0.25) is 9.59 Å². The van der Waals surface area contributed by atoms with Gasteiger partial charge in [-0.2, -0.15) is 0 Å². The van der Waals surface area contributed by atoms with Gasteiger partial charge in [0.15, 0.2) is 0 Å². The monoisotopic (exact) mass is 488 g/mol. The van der Waals surface area contributed by atoms with E-state index in [0.29, 0.717) is 11.6 Å². The highest BCUT2D eigenvalue weighted by molar-refractivity contribution is 5.99. The third-order valence-corrected chi connectivity index (χ3v) is 7.27. The van der Waals surface area contributed by atoms with Crippen LogP contribution in [0.5, 0.6) is 0 Å². The van der Waals surface area contributed by atoms with Gasteiger partial charge in [-0.05, 0) is 42.9 Å². The topological polar surface area (TPSA) is 75.2 Å². The van der Waals surface area contributed by atoms with Crippen LogP contribution in [0.3, 0.4) is 0 Å². The molecule has 6 heteroatoms. The minimum Gasteiger partial charge on any atom is -0.352 e. The van der Waals surface area contributed by atoms with Gasteiger partial charge < -0.3 is 20.5 Å². The van der Waals surface area contributed by atoms with Crippen LogP contribution in [-0.4, -0.2) is 35.0 Å². The maximum absolute atomic E-state index is 13.5. The number of benzene rings is 2. The van der Waals surface area contributed by atoms with Crippen LogP contribution in [0.15, 0.2) is 60.7 Å². The number of rotatable bonds is 10. The Morgan fingerprint density at radius 1 is 1.00 bits per heavy atom. The minimum atomic E-state index is -0.207. The predicted octanol–water partition coefficient (Wildman–Crippen LogP) is 4.79. The summed E-state index contributed by atoms with van der Waals surface area (Å²) in [6.45, 7) is 5.87. The quantitative estimate of drug-likeness (QED) is 0.384. The molecule has 4 rings (SSSR count). The summed E-state index contributed by atoms with van der Waals surface area (Å²) in [5.41, 5.74) is 2.89. The van der Waals surface area contributed by atoms with Gasteiger partial charge in [-0.1, -0.05) is 75.2 Å². The summed E-state index contributed by atoms with van der Waals surface area (Å²) in [5, 5.41) is 11.1. The average molecular weight is 489 g/mol. The number of nitrogens with zero attached hydrogens (tertiary/aromatic N) is 1. The van der Waals surface area contributed by atoms with Crippen molar-refractivity contribution in [1.82, 2.24) is 20.5 Å². The van der Waals surface area contributed by atoms with Crippen molar-refractivity contribution in [2.75, 3.05) is 6.54 Å². The molecule has 36 heavy (non-hydrogen) atoms. The van der Waals surface area contributed by atoms with Crippen molar-refractivity contribution in [2.45, 2.75) is 64.6 Å². The van der Waals surface area contributed by atoms with Crippen LogP contribution in [0, 0.1) is 11.8 Å². The highest BCUT2D eigenvalue weighted by Crippen LogP contribution is 2.26. The second-order valence-electron chi connectivity index (χ2n) is 10.6. The fourth-order valence-electron chi connectivity index (χ4n) is 5.42. The van der Waals surface area contributed by atoms with E-state index >= 15 is 0 Å². The number of para-hydroxylation sites is 1. The van der Waals surface area contributed by atoms with Gasteiger partial charge in [0, 0.05) is 43.1 Å². The molecule has 0 bridgehead atoms. The molecule has 1 heterocycles. The Morgan fingerprint density at radius 2 is 1.72 bits per heavy atom. The fraction of sp³-hybridized carbons (Fsp3) is 0.467. The maximum atomic E-state index is 13.5. The zero-order valence-electron chi connectivity index (χ0n) is 21.8. The first-order valence-corrected chi connectivity index (χ1v) is 13.3. The molecular formula is C30H40N4O2. The van der Waals surface area contributed by atoms with Gasteiger partial charge in [0.1, 0.15) is 5.69 Å². The maximum Gasteiger partial charge on any atom is 0.268 e. The van der Waals surface area contributed by atoms with Gasteiger partial charge in [0.05, 0.1) is 5.92 Å². The van der Waals surface area contributed by atoms with E-state index in [1.165, 1.54) is 5.56 Å². The first kappa shape index (κ1) is 26.0. The average Bonchev–Trinajstić information content (AvgIpc) is 3.21. The van der Waals surface area contributed by atoms with E-state index in [1.54, 1.807) is 0 Å². The number of carbonyl (C=O) groups is 2. The van der Waals surface area contributed by atoms with Crippen LogP contribution >= 0.6 is 0 Å². The molecule has 2 aromatic carbocycles. The molecule has 1 saturated carbocycles. The lowest BCUT2D eigenvalue weighted by atomic mass is 9.83. The third-order valence-electron chi connectivity index (χ3n) is 7.27. The summed E-state index contributed by atoms with van der Waals surface area (Å²) >= 11 is 0. The Bertz CT molecular complexity index is 1150. The van der Waals surface area contributed by atoms with E-state index in [0.717, 1.165) is 56.1 Å². The lowest BCUT2D eigenvalue weighted by molar-refractivity contribution is -0.127. The zero-order chi connectivity index (χ0) is 25.5. The van der Waals surface area contributed by atoms with E-state index in [4.69, 9.17) is 0 Å². The number of hydrogen-bond acceptors (Lipinski definition) is 3. The SMILES string of the molecule is CC(C)CC(CNCc1ccccc1)NC(=O)[C@@H]1CCCC[C@@H]1NC(=O)c1cc2ccccc2n1C. The molecule has 1 aliphatic carbocycles. The van der Waals surface area contributed by atoms with E-state index in [-0.39, 0.29) is 29.8 Å². The number of amides is 2. The van der Waals surface area contributed by atoms with Crippen LogP contribution in [0.25, 0.3) is 10.9 Å². The molecular weight excluding hydrogens is 448 g/mol. The predicted molar refractivity (Wildman–Crippen MR) is 146 cm³/mol. The Labute approximate surface area is 214 Å². The number of fused-ring (bicyclic) bond motifs is 1. The van der Waals surface area contributed by atoms with E-state index < -0.39 is 0 Å². The number of aryl methyl sites for hydroxylation is 1. The molecule has 192 valence electrons. The molecule has 0 radical (unpaired) electrons. The molecule has 1 unspecified atom stereocenters. The van der Waals surface area contributed by atoms with Crippen LogP contribution in [0.4, 0.5) is 0 Å². The first-order valence-electron chi connectivity index (χ1n) is 13.3. The smallest absolute Gasteiger partial charge is 0.268 e. The molecule has 0 aliphatic heterocycles. The van der Waals surface area contributed by atoms with Crippen molar-refractivity contribution in [3.63, 3.8) is 0 Å². The van der Waals surface area contributed by atoms with Crippen molar-refractivity contribution >= 4 is 22.7 Å². The lowest BCUT2D eigenvalue weighted by Gasteiger charge is -2.33. The molecule has 1 aromatic heterocycles. The number of hydrogen-bond donors (Lipinski definition) is 3.